The van der Waals surface area contributed by atoms with Gasteiger partial charge in [-0.05, 0) is 37.2 Å². The maximum absolute atomic E-state index is 8.73. The molecule has 1 aliphatic carbocycles. The molecular weight excluding hydrogens is 278 g/mol. The lowest BCUT2D eigenvalue weighted by molar-refractivity contribution is 0.0950. The monoisotopic (exact) mass is 297 g/mol. The van der Waals surface area contributed by atoms with Crippen LogP contribution in [0.2, 0.25) is 5.02 Å². The molecule has 1 saturated carbocycles. The van der Waals surface area contributed by atoms with Gasteiger partial charge in [-0.25, -0.2) is 4.98 Å². The molecule has 6 heteroatoms. The molecule has 0 saturated heterocycles. The zero-order valence-corrected chi connectivity index (χ0v) is 12.5. The molecule has 0 atom stereocenters. The molecule has 5 nitrogen and oxygen atoms in total. The van der Waals surface area contributed by atoms with Crippen molar-refractivity contribution < 1.29 is 9.94 Å². The summed E-state index contributed by atoms with van der Waals surface area (Å²) in [5, 5.41) is 12.0. The normalized spacial score (nSPS) is 19.9. The van der Waals surface area contributed by atoms with Gasteiger partial charge in [-0.15, -0.1) is 0 Å². The number of rotatable bonds is 3. The van der Waals surface area contributed by atoms with E-state index in [9.17, 15) is 0 Å². The van der Waals surface area contributed by atoms with Crippen molar-refractivity contribution in [3.8, 4) is 5.88 Å². The van der Waals surface area contributed by atoms with Crippen LogP contribution >= 0.6 is 11.6 Å². The molecule has 1 aromatic rings. The Morgan fingerprint density at radius 2 is 2.15 bits per heavy atom. The van der Waals surface area contributed by atoms with Crippen molar-refractivity contribution in [2.24, 2.45) is 16.3 Å². The summed E-state index contributed by atoms with van der Waals surface area (Å²) in [6, 6.07) is 1.59. The SMILES string of the molecule is CC1(C)CCC(Oc2nccc(/C(N)=N/O)c2Cl)CC1. The average molecular weight is 298 g/mol. The van der Waals surface area contributed by atoms with Gasteiger partial charge in [-0.3, -0.25) is 0 Å². The minimum Gasteiger partial charge on any atom is -0.473 e. The summed E-state index contributed by atoms with van der Waals surface area (Å²) < 4.78 is 5.88. The lowest BCUT2D eigenvalue weighted by Gasteiger charge is -2.34. The first-order chi connectivity index (χ1) is 9.43. The second-order valence-electron chi connectivity index (χ2n) is 5.94. The number of aromatic nitrogens is 1. The van der Waals surface area contributed by atoms with E-state index in [0.717, 1.165) is 25.7 Å². The first-order valence-corrected chi connectivity index (χ1v) is 7.10. The predicted octanol–water partition coefficient (Wildman–Crippen LogP) is 3.18. The van der Waals surface area contributed by atoms with E-state index in [1.165, 1.54) is 0 Å². The minimum atomic E-state index is -0.0490. The van der Waals surface area contributed by atoms with Crippen LogP contribution in [0.25, 0.3) is 0 Å². The Morgan fingerprint density at radius 3 is 2.75 bits per heavy atom. The third kappa shape index (κ3) is 3.33. The maximum atomic E-state index is 8.73. The first kappa shape index (κ1) is 14.9. The molecule has 2 rings (SSSR count). The van der Waals surface area contributed by atoms with Gasteiger partial charge in [0.2, 0.25) is 5.88 Å². The number of nitrogens with two attached hydrogens (primary N) is 1. The predicted molar refractivity (Wildman–Crippen MR) is 78.4 cm³/mol. The summed E-state index contributed by atoms with van der Waals surface area (Å²) in [6.07, 6.45) is 5.87. The van der Waals surface area contributed by atoms with E-state index in [4.69, 9.17) is 27.3 Å². The molecule has 1 fully saturated rings. The molecule has 1 aliphatic rings. The number of hydrogen-bond acceptors (Lipinski definition) is 4. The number of pyridine rings is 1. The second-order valence-corrected chi connectivity index (χ2v) is 6.32. The van der Waals surface area contributed by atoms with E-state index in [0.29, 0.717) is 16.9 Å². The maximum Gasteiger partial charge on any atom is 0.233 e. The van der Waals surface area contributed by atoms with Crippen molar-refractivity contribution in [1.29, 1.82) is 0 Å². The Morgan fingerprint density at radius 1 is 1.50 bits per heavy atom. The molecule has 0 unspecified atom stereocenters. The van der Waals surface area contributed by atoms with Crippen molar-refractivity contribution in [3.63, 3.8) is 0 Å². The van der Waals surface area contributed by atoms with Crippen LogP contribution in [-0.2, 0) is 0 Å². The quantitative estimate of drug-likeness (QED) is 0.388. The smallest absolute Gasteiger partial charge is 0.233 e. The van der Waals surface area contributed by atoms with Gasteiger partial charge in [0.1, 0.15) is 11.1 Å². The fraction of sp³-hybridized carbons (Fsp3) is 0.571. The molecule has 0 spiro atoms. The molecule has 1 aromatic heterocycles. The number of oxime groups is 1. The van der Waals surface area contributed by atoms with Gasteiger partial charge in [-0.2, -0.15) is 0 Å². The van der Waals surface area contributed by atoms with Crippen LogP contribution in [0.1, 0.15) is 45.1 Å². The minimum absolute atomic E-state index is 0.0490. The molecule has 1 heterocycles. The average Bonchev–Trinajstić information content (AvgIpc) is 2.42. The summed E-state index contributed by atoms with van der Waals surface area (Å²) in [5.41, 5.74) is 6.37. The molecule has 0 radical (unpaired) electrons. The molecule has 0 aromatic carbocycles. The van der Waals surface area contributed by atoms with Crippen LogP contribution < -0.4 is 10.5 Å². The van der Waals surface area contributed by atoms with Gasteiger partial charge < -0.3 is 15.7 Å². The van der Waals surface area contributed by atoms with E-state index < -0.39 is 0 Å². The van der Waals surface area contributed by atoms with E-state index >= 15 is 0 Å². The lowest BCUT2D eigenvalue weighted by Crippen LogP contribution is -2.28. The highest BCUT2D eigenvalue weighted by atomic mass is 35.5. The zero-order chi connectivity index (χ0) is 14.8. The summed E-state index contributed by atoms with van der Waals surface area (Å²) in [5.74, 6) is 0.299. The van der Waals surface area contributed by atoms with Gasteiger partial charge >= 0.3 is 0 Å². The number of halogens is 1. The standard InChI is InChI=1S/C14H20ClN3O2/c1-14(2)6-3-9(4-7-14)20-13-11(15)10(5-8-17-13)12(16)18-19/h5,8-9,19H,3-4,6-7H2,1-2H3,(H2,16,18). The van der Waals surface area contributed by atoms with Crippen LogP contribution in [0.3, 0.4) is 0 Å². The molecule has 0 aliphatic heterocycles. The fourth-order valence-corrected chi connectivity index (χ4v) is 2.66. The van der Waals surface area contributed by atoms with Crippen LogP contribution in [0, 0.1) is 5.41 Å². The van der Waals surface area contributed by atoms with Gasteiger partial charge in [0, 0.05) is 11.8 Å². The van der Waals surface area contributed by atoms with Gasteiger partial charge in [0.25, 0.3) is 0 Å². The Bertz CT molecular complexity index is 507. The Balaban J connectivity index is 2.11. The van der Waals surface area contributed by atoms with E-state index in [-0.39, 0.29) is 17.0 Å². The van der Waals surface area contributed by atoms with E-state index in [1.807, 2.05) is 0 Å². The van der Waals surface area contributed by atoms with Crippen molar-refractivity contribution >= 4 is 17.4 Å². The van der Waals surface area contributed by atoms with Crippen molar-refractivity contribution in [2.75, 3.05) is 0 Å². The molecule has 0 amide bonds. The van der Waals surface area contributed by atoms with Gasteiger partial charge in [-0.1, -0.05) is 30.6 Å². The number of amidine groups is 1. The third-order valence-corrected chi connectivity index (χ3v) is 4.17. The van der Waals surface area contributed by atoms with Crippen LogP contribution in [0.4, 0.5) is 0 Å². The summed E-state index contributed by atoms with van der Waals surface area (Å²) >= 11 is 6.20. The zero-order valence-electron chi connectivity index (χ0n) is 11.8. The number of hydrogen-bond donors (Lipinski definition) is 2. The van der Waals surface area contributed by atoms with E-state index in [2.05, 4.69) is 24.0 Å². The van der Waals surface area contributed by atoms with Crippen LogP contribution in [-0.4, -0.2) is 22.1 Å². The van der Waals surface area contributed by atoms with Crippen molar-refractivity contribution in [1.82, 2.24) is 4.98 Å². The molecule has 20 heavy (non-hydrogen) atoms. The Labute approximate surface area is 123 Å². The topological polar surface area (TPSA) is 80.7 Å². The summed E-state index contributed by atoms with van der Waals surface area (Å²) in [6.45, 7) is 4.54. The number of ether oxygens (including phenoxy) is 1. The molecular formula is C14H20ClN3O2. The highest BCUT2D eigenvalue weighted by molar-refractivity contribution is 6.35. The largest absolute Gasteiger partial charge is 0.473 e. The van der Waals surface area contributed by atoms with E-state index in [1.54, 1.807) is 12.3 Å². The fourth-order valence-electron chi connectivity index (χ4n) is 2.41. The van der Waals surface area contributed by atoms with Crippen LogP contribution in [0.5, 0.6) is 5.88 Å². The molecule has 110 valence electrons. The first-order valence-electron chi connectivity index (χ1n) is 6.72. The molecule has 0 bridgehead atoms. The highest BCUT2D eigenvalue weighted by Crippen LogP contribution is 2.37. The van der Waals surface area contributed by atoms with Crippen molar-refractivity contribution in [3.05, 3.63) is 22.8 Å². The summed E-state index contributed by atoms with van der Waals surface area (Å²) in [7, 11) is 0. The van der Waals surface area contributed by atoms with Crippen LogP contribution in [0.15, 0.2) is 17.4 Å². The van der Waals surface area contributed by atoms with Gasteiger partial charge in [0.05, 0.1) is 0 Å². The highest BCUT2D eigenvalue weighted by Gasteiger charge is 2.28. The lowest BCUT2D eigenvalue weighted by atomic mass is 9.76. The Kier molecular flexibility index (Phi) is 4.38. The molecule has 3 N–H and O–H groups in total. The van der Waals surface area contributed by atoms with Crippen molar-refractivity contribution in [2.45, 2.75) is 45.6 Å². The third-order valence-electron chi connectivity index (χ3n) is 3.81. The second kappa shape index (κ2) is 5.87. The number of nitrogens with zero attached hydrogens (tertiary/aromatic N) is 2. The summed E-state index contributed by atoms with van der Waals surface area (Å²) in [4.78, 5) is 4.14. The van der Waals surface area contributed by atoms with Gasteiger partial charge in [0.15, 0.2) is 5.84 Å². The Hall–Kier alpha value is -1.49.